The third-order valence-corrected chi connectivity index (χ3v) is 4.20. The molecule has 2 atom stereocenters. The van der Waals surface area contributed by atoms with Gasteiger partial charge in [-0.1, -0.05) is 26.7 Å². The van der Waals surface area contributed by atoms with E-state index in [-0.39, 0.29) is 0 Å². The summed E-state index contributed by atoms with van der Waals surface area (Å²) in [4.78, 5) is 0. The van der Waals surface area contributed by atoms with Crippen LogP contribution in [0.5, 0.6) is 0 Å². The molecule has 1 aliphatic rings. The van der Waals surface area contributed by atoms with Gasteiger partial charge in [0.1, 0.15) is 0 Å². The van der Waals surface area contributed by atoms with Gasteiger partial charge in [0.2, 0.25) is 0 Å². The molecule has 0 radical (unpaired) electrons. The molecule has 14 heavy (non-hydrogen) atoms. The Balaban J connectivity index is 2.60. The van der Waals surface area contributed by atoms with E-state index >= 15 is 0 Å². The van der Waals surface area contributed by atoms with E-state index in [4.69, 9.17) is 0 Å². The van der Waals surface area contributed by atoms with Crippen LogP contribution in [0.1, 0.15) is 58.8 Å². The normalized spacial score (nSPS) is 31.7. The zero-order valence-corrected chi connectivity index (χ0v) is 10.6. The molecule has 1 saturated heterocycles. The van der Waals surface area contributed by atoms with Gasteiger partial charge in [0, 0.05) is 0 Å². The van der Waals surface area contributed by atoms with Crippen molar-refractivity contribution in [3.63, 3.8) is 0 Å². The van der Waals surface area contributed by atoms with Crippen molar-refractivity contribution in [2.24, 2.45) is 0 Å². The molecule has 1 nitrogen and oxygen atoms in total. The Labute approximate surface area is 90.1 Å². The van der Waals surface area contributed by atoms with Crippen molar-refractivity contribution in [3.8, 4) is 0 Å². The second kappa shape index (κ2) is 5.16. The Hall–Kier alpha value is -0.0400. The summed E-state index contributed by atoms with van der Waals surface area (Å²) in [6.45, 7) is 4.65. The lowest BCUT2D eigenvalue weighted by Gasteiger charge is -2.48. The second-order valence-electron chi connectivity index (χ2n) is 5.44. The Bertz CT molecular complexity index is 143. The zero-order valence-electron chi connectivity index (χ0n) is 10.6. The summed E-state index contributed by atoms with van der Waals surface area (Å²) in [5, 5.41) is 0. The van der Waals surface area contributed by atoms with Gasteiger partial charge in [-0.15, -0.1) is 0 Å². The number of hydrogen-bond donors (Lipinski definition) is 0. The molecule has 0 bridgehead atoms. The maximum absolute atomic E-state index is 2.46. The van der Waals surface area contributed by atoms with Gasteiger partial charge in [0.25, 0.3) is 0 Å². The molecule has 0 unspecified atom stereocenters. The molecule has 0 spiro atoms. The van der Waals surface area contributed by atoms with Crippen LogP contribution in [0.15, 0.2) is 0 Å². The number of rotatable bonds is 4. The highest BCUT2D eigenvalue weighted by Crippen LogP contribution is 2.32. The molecule has 0 aromatic heterocycles. The van der Waals surface area contributed by atoms with E-state index in [0.717, 1.165) is 12.1 Å². The van der Waals surface area contributed by atoms with Crippen molar-refractivity contribution in [1.82, 2.24) is 0 Å². The first kappa shape index (κ1) is 12.0. The Morgan fingerprint density at radius 2 is 1.36 bits per heavy atom. The molecular weight excluding hydrogens is 170 g/mol. The number of quaternary nitrogens is 1. The number of hydrogen-bond acceptors (Lipinski definition) is 0. The predicted octanol–water partition coefficient (Wildman–Crippen LogP) is 3.58. The van der Waals surface area contributed by atoms with Crippen molar-refractivity contribution in [2.75, 3.05) is 14.1 Å². The largest absolute Gasteiger partial charge is 0.324 e. The standard InChI is InChI=1S/C13H28N/c1-5-8-12-10-7-11-13(9-6-2)14(12,3)4/h12-13H,5-11H2,1-4H3/q+1/t12-,13-/m0/s1. The number of likely N-dealkylation sites (tertiary alicyclic amines) is 1. The summed E-state index contributed by atoms with van der Waals surface area (Å²) in [5.41, 5.74) is 0. The minimum absolute atomic E-state index is 0.935. The minimum atomic E-state index is 0.935. The smallest absolute Gasteiger partial charge is 0.0888 e. The SMILES string of the molecule is CCC[C@H]1CCC[C@H](CCC)[N+]1(C)C. The summed E-state index contributed by atoms with van der Waals surface area (Å²) >= 11 is 0. The number of nitrogens with zero attached hydrogens (tertiary/aromatic N) is 1. The molecule has 0 aromatic carbocycles. The van der Waals surface area contributed by atoms with Gasteiger partial charge < -0.3 is 4.48 Å². The van der Waals surface area contributed by atoms with E-state index in [9.17, 15) is 0 Å². The van der Waals surface area contributed by atoms with Gasteiger partial charge in [-0.25, -0.2) is 0 Å². The summed E-state index contributed by atoms with van der Waals surface area (Å²) < 4.78 is 1.29. The Morgan fingerprint density at radius 3 is 1.71 bits per heavy atom. The molecule has 0 amide bonds. The average molecular weight is 198 g/mol. The Morgan fingerprint density at radius 1 is 0.929 bits per heavy atom. The van der Waals surface area contributed by atoms with E-state index in [0.29, 0.717) is 0 Å². The minimum Gasteiger partial charge on any atom is -0.324 e. The molecular formula is C13H28N+. The van der Waals surface area contributed by atoms with E-state index < -0.39 is 0 Å². The van der Waals surface area contributed by atoms with E-state index in [1.54, 1.807) is 0 Å². The fourth-order valence-electron chi connectivity index (χ4n) is 3.17. The molecule has 84 valence electrons. The van der Waals surface area contributed by atoms with E-state index in [2.05, 4.69) is 27.9 Å². The quantitative estimate of drug-likeness (QED) is 0.606. The van der Waals surface area contributed by atoms with Gasteiger partial charge in [0.05, 0.1) is 26.2 Å². The van der Waals surface area contributed by atoms with Crippen LogP contribution in [0.25, 0.3) is 0 Å². The lowest BCUT2D eigenvalue weighted by Crippen LogP contribution is -2.58. The lowest BCUT2D eigenvalue weighted by molar-refractivity contribution is -0.944. The summed E-state index contributed by atoms with van der Waals surface area (Å²) in [5.74, 6) is 0. The number of piperidine rings is 1. The van der Waals surface area contributed by atoms with Gasteiger partial charge in [-0.2, -0.15) is 0 Å². The van der Waals surface area contributed by atoms with Crippen molar-refractivity contribution >= 4 is 0 Å². The fraction of sp³-hybridized carbons (Fsp3) is 1.00. The van der Waals surface area contributed by atoms with Crippen molar-refractivity contribution in [1.29, 1.82) is 0 Å². The molecule has 0 aliphatic carbocycles. The molecule has 1 fully saturated rings. The monoisotopic (exact) mass is 198 g/mol. The van der Waals surface area contributed by atoms with Crippen LogP contribution in [0, 0.1) is 0 Å². The molecule has 0 aromatic rings. The van der Waals surface area contributed by atoms with Crippen LogP contribution in [-0.4, -0.2) is 30.7 Å². The average Bonchev–Trinajstić information content (AvgIpc) is 2.13. The maximum atomic E-state index is 2.46. The fourth-order valence-corrected chi connectivity index (χ4v) is 3.17. The molecule has 0 N–H and O–H groups in total. The molecule has 1 rings (SSSR count). The Kier molecular flexibility index (Phi) is 4.43. The van der Waals surface area contributed by atoms with Gasteiger partial charge in [-0.05, 0) is 32.1 Å². The van der Waals surface area contributed by atoms with Crippen molar-refractivity contribution in [2.45, 2.75) is 70.9 Å². The molecule has 0 saturated carbocycles. The van der Waals surface area contributed by atoms with Crippen molar-refractivity contribution < 1.29 is 4.48 Å². The lowest BCUT2D eigenvalue weighted by atomic mass is 9.89. The summed E-state index contributed by atoms with van der Waals surface area (Å²) in [6.07, 6.45) is 9.94. The highest BCUT2D eigenvalue weighted by atomic mass is 15.4. The first-order chi connectivity index (χ1) is 6.62. The molecule has 1 aliphatic heterocycles. The first-order valence-corrected chi connectivity index (χ1v) is 6.46. The van der Waals surface area contributed by atoms with Crippen LogP contribution in [-0.2, 0) is 0 Å². The predicted molar refractivity (Wildman–Crippen MR) is 63.4 cm³/mol. The van der Waals surface area contributed by atoms with Crippen LogP contribution in [0.2, 0.25) is 0 Å². The van der Waals surface area contributed by atoms with E-state index in [1.165, 1.54) is 49.4 Å². The third-order valence-electron chi connectivity index (χ3n) is 4.20. The van der Waals surface area contributed by atoms with Gasteiger partial charge >= 0.3 is 0 Å². The third kappa shape index (κ3) is 2.50. The van der Waals surface area contributed by atoms with Crippen LogP contribution in [0.4, 0.5) is 0 Å². The highest BCUT2D eigenvalue weighted by Gasteiger charge is 2.38. The van der Waals surface area contributed by atoms with Crippen molar-refractivity contribution in [3.05, 3.63) is 0 Å². The molecule has 1 heteroatoms. The zero-order chi connectivity index (χ0) is 10.6. The highest BCUT2D eigenvalue weighted by molar-refractivity contribution is 4.71. The first-order valence-electron chi connectivity index (χ1n) is 6.46. The van der Waals surface area contributed by atoms with Crippen LogP contribution < -0.4 is 0 Å². The van der Waals surface area contributed by atoms with Gasteiger partial charge in [-0.3, -0.25) is 0 Å². The molecule has 1 heterocycles. The second-order valence-corrected chi connectivity index (χ2v) is 5.44. The summed E-state index contributed by atoms with van der Waals surface area (Å²) in [7, 11) is 4.92. The van der Waals surface area contributed by atoms with E-state index in [1.807, 2.05) is 0 Å². The maximum Gasteiger partial charge on any atom is 0.0888 e. The van der Waals surface area contributed by atoms with Crippen LogP contribution >= 0.6 is 0 Å². The van der Waals surface area contributed by atoms with Gasteiger partial charge in [0.15, 0.2) is 0 Å². The topological polar surface area (TPSA) is 0 Å². The van der Waals surface area contributed by atoms with Crippen LogP contribution in [0.3, 0.4) is 0 Å². The summed E-state index contributed by atoms with van der Waals surface area (Å²) in [6, 6.07) is 1.87.